The van der Waals surface area contributed by atoms with Crippen molar-refractivity contribution in [1.82, 2.24) is 30.3 Å². The maximum atomic E-state index is 14.0. The fourth-order valence-corrected chi connectivity index (χ4v) is 8.64. The molecule has 65 heavy (non-hydrogen) atoms. The van der Waals surface area contributed by atoms with E-state index in [1.807, 2.05) is 73.9 Å². The van der Waals surface area contributed by atoms with E-state index in [9.17, 15) is 24.6 Å². The first kappa shape index (κ1) is 44.5. The molecule has 7 aromatic rings. The molecule has 0 spiro atoms. The first-order valence-electron chi connectivity index (χ1n) is 21.9. The Morgan fingerprint density at radius 2 is 1.63 bits per heavy atom. The number of phenolic OH excluding ortho intramolecular Hbond substituents is 1. The van der Waals surface area contributed by atoms with Crippen molar-refractivity contribution in [2.24, 2.45) is 13.0 Å². The van der Waals surface area contributed by atoms with E-state index in [-0.39, 0.29) is 41.8 Å². The van der Waals surface area contributed by atoms with Crippen LogP contribution in [0, 0.1) is 5.92 Å². The number of aromatic amines is 1. The van der Waals surface area contributed by atoms with Crippen molar-refractivity contribution in [2.45, 2.75) is 44.5 Å². The van der Waals surface area contributed by atoms with E-state index in [0.29, 0.717) is 47.0 Å². The Balaban J connectivity index is 0.896. The second-order valence-electron chi connectivity index (χ2n) is 16.6. The molecule has 1 amide bonds. The standard InChI is InChI=1S/C52H54N6O7/c1-57-32-43(37-14-9-15-38(26-37)49(36-12-7-4-8-13-36)52(63)65-33-35-22-24-58(25-23-35)31-34-10-5-3-6-11-34)44(56-57)29-54-51(62)39-16-17-40(47(27-39)64-2)28-53-30-46(60)41-18-20-45(59)50-42(41)19-21-48(61)55-50/h3-21,26-27,32,35,46,49,53,59-60H,22-25,28-31,33H2,1-2H3,(H,54,62)(H,55,61). The highest BCUT2D eigenvalue weighted by molar-refractivity contribution is 5.95. The van der Waals surface area contributed by atoms with Crippen LogP contribution in [0.15, 0.2) is 138 Å². The highest BCUT2D eigenvalue weighted by atomic mass is 16.5. The van der Waals surface area contributed by atoms with Crippen LogP contribution < -0.4 is 20.9 Å². The Bertz CT molecular complexity index is 2800. The largest absolute Gasteiger partial charge is 0.506 e. The first-order chi connectivity index (χ1) is 31.6. The van der Waals surface area contributed by atoms with Crippen LogP contribution in [0.4, 0.5) is 0 Å². The van der Waals surface area contributed by atoms with Crippen molar-refractivity contribution in [3.8, 4) is 22.6 Å². The highest BCUT2D eigenvalue weighted by Crippen LogP contribution is 2.33. The summed E-state index contributed by atoms with van der Waals surface area (Å²) in [7, 11) is 3.37. The molecule has 1 aliphatic rings. The molecule has 8 rings (SSSR count). The van der Waals surface area contributed by atoms with Gasteiger partial charge in [-0.2, -0.15) is 5.10 Å². The van der Waals surface area contributed by atoms with Crippen LogP contribution in [0.1, 0.15) is 68.7 Å². The van der Waals surface area contributed by atoms with Gasteiger partial charge in [-0.15, -0.1) is 0 Å². The fraction of sp³-hybridized carbons (Fsp3) is 0.269. The minimum absolute atomic E-state index is 0.0778. The van der Waals surface area contributed by atoms with Crippen LogP contribution in [0.2, 0.25) is 0 Å². The topological polar surface area (TPSA) is 171 Å². The van der Waals surface area contributed by atoms with Gasteiger partial charge in [0.2, 0.25) is 5.56 Å². The number of nitrogens with zero attached hydrogens (tertiary/aromatic N) is 3. The number of hydrogen-bond acceptors (Lipinski definition) is 10. The fourth-order valence-electron chi connectivity index (χ4n) is 8.64. The third-order valence-corrected chi connectivity index (χ3v) is 12.1. The smallest absolute Gasteiger partial charge is 0.317 e. The molecule has 3 heterocycles. The molecule has 2 aromatic heterocycles. The molecule has 0 aliphatic carbocycles. The number of H-pyrrole nitrogens is 1. The number of amides is 1. The van der Waals surface area contributed by atoms with Gasteiger partial charge in [0.1, 0.15) is 17.4 Å². The van der Waals surface area contributed by atoms with E-state index in [1.54, 1.807) is 35.0 Å². The minimum Gasteiger partial charge on any atom is -0.506 e. The van der Waals surface area contributed by atoms with Gasteiger partial charge >= 0.3 is 5.97 Å². The van der Waals surface area contributed by atoms with Crippen molar-refractivity contribution in [1.29, 1.82) is 0 Å². The summed E-state index contributed by atoms with van der Waals surface area (Å²) in [5.74, 6) is -0.492. The predicted molar refractivity (Wildman–Crippen MR) is 249 cm³/mol. The molecule has 334 valence electrons. The number of benzene rings is 5. The van der Waals surface area contributed by atoms with Crippen molar-refractivity contribution < 1.29 is 29.3 Å². The lowest BCUT2D eigenvalue weighted by Crippen LogP contribution is -2.35. The van der Waals surface area contributed by atoms with E-state index in [1.165, 1.54) is 24.8 Å². The lowest BCUT2D eigenvalue weighted by molar-refractivity contribution is -0.146. The monoisotopic (exact) mass is 874 g/mol. The van der Waals surface area contributed by atoms with Crippen molar-refractivity contribution in [3.05, 3.63) is 183 Å². The third-order valence-electron chi connectivity index (χ3n) is 12.1. The van der Waals surface area contributed by atoms with E-state index >= 15 is 0 Å². The number of methoxy groups -OCH3 is 1. The number of aryl methyl sites for hydroxylation is 1. The molecule has 5 N–H and O–H groups in total. The average molecular weight is 875 g/mol. The normalized spacial score (nSPS) is 14.2. The molecule has 5 aromatic carbocycles. The summed E-state index contributed by atoms with van der Waals surface area (Å²) in [5, 5.41) is 32.7. The molecule has 2 unspecified atom stereocenters. The number of aromatic nitrogens is 3. The molecule has 2 atom stereocenters. The van der Waals surface area contributed by atoms with E-state index in [2.05, 4.69) is 44.8 Å². The molecule has 13 nitrogen and oxygen atoms in total. The van der Waals surface area contributed by atoms with Gasteiger partial charge in [-0.25, -0.2) is 0 Å². The molecule has 1 saturated heterocycles. The number of esters is 1. The molecule has 1 fully saturated rings. The van der Waals surface area contributed by atoms with Gasteiger partial charge in [0.05, 0.1) is 37.6 Å². The molecular weight excluding hydrogens is 821 g/mol. The van der Waals surface area contributed by atoms with Crippen LogP contribution in [-0.2, 0) is 36.2 Å². The summed E-state index contributed by atoms with van der Waals surface area (Å²) in [4.78, 5) is 44.5. The maximum absolute atomic E-state index is 14.0. The molecule has 0 saturated carbocycles. The van der Waals surface area contributed by atoms with Gasteiger partial charge in [0.15, 0.2) is 0 Å². The molecule has 0 bridgehead atoms. The van der Waals surface area contributed by atoms with E-state index in [0.717, 1.165) is 60.3 Å². The zero-order chi connectivity index (χ0) is 45.3. The van der Waals surface area contributed by atoms with Crippen LogP contribution in [0.5, 0.6) is 11.5 Å². The van der Waals surface area contributed by atoms with Crippen molar-refractivity contribution >= 4 is 22.8 Å². The highest BCUT2D eigenvalue weighted by Gasteiger charge is 2.28. The van der Waals surface area contributed by atoms with E-state index in [4.69, 9.17) is 14.6 Å². The first-order valence-corrected chi connectivity index (χ1v) is 21.9. The Hall–Kier alpha value is -7.06. The minimum atomic E-state index is -0.935. The summed E-state index contributed by atoms with van der Waals surface area (Å²) in [6.45, 7) is 3.91. The van der Waals surface area contributed by atoms with Crippen LogP contribution >= 0.6 is 0 Å². The number of nitrogens with one attached hydrogen (secondary N) is 3. The Morgan fingerprint density at radius 1 is 0.877 bits per heavy atom. The lowest BCUT2D eigenvalue weighted by atomic mass is 9.89. The van der Waals surface area contributed by atoms with Gasteiger partial charge in [-0.05, 0) is 90.0 Å². The number of fused-ring (bicyclic) bond motifs is 1. The van der Waals surface area contributed by atoms with Crippen LogP contribution in [-0.4, -0.2) is 75.1 Å². The van der Waals surface area contributed by atoms with Gasteiger partial charge in [-0.3, -0.25) is 24.0 Å². The van der Waals surface area contributed by atoms with E-state index < -0.39 is 12.0 Å². The summed E-state index contributed by atoms with van der Waals surface area (Å²) in [5.41, 5.74) is 6.95. The van der Waals surface area contributed by atoms with Gasteiger partial charge < -0.3 is 35.3 Å². The number of pyridine rings is 1. The number of rotatable bonds is 17. The van der Waals surface area contributed by atoms with Gasteiger partial charge in [0.25, 0.3) is 5.91 Å². The Labute approximate surface area is 377 Å². The van der Waals surface area contributed by atoms with Gasteiger partial charge in [-0.1, -0.05) is 91.0 Å². The number of ether oxygens (including phenoxy) is 2. The SMILES string of the molecule is COc1cc(C(=O)NCc2nn(C)cc2-c2cccc(C(C(=O)OCC3CCN(Cc4ccccc4)CC3)c3ccccc3)c2)ccc1CNCC(O)c1ccc(O)c2[nH]c(=O)ccc12. The summed E-state index contributed by atoms with van der Waals surface area (Å²) in [6.07, 6.45) is 2.92. The summed E-state index contributed by atoms with van der Waals surface area (Å²) >= 11 is 0. The Kier molecular flexibility index (Phi) is 14.1. The number of phenols is 1. The molecule has 13 heteroatoms. The second kappa shape index (κ2) is 20.6. The third kappa shape index (κ3) is 10.8. The summed E-state index contributed by atoms with van der Waals surface area (Å²) < 4.78 is 13.5. The zero-order valence-electron chi connectivity index (χ0n) is 36.6. The maximum Gasteiger partial charge on any atom is 0.317 e. The lowest BCUT2D eigenvalue weighted by Gasteiger charge is -2.32. The van der Waals surface area contributed by atoms with Crippen molar-refractivity contribution in [2.75, 3.05) is 33.4 Å². The number of likely N-dealkylation sites (tertiary alicyclic amines) is 1. The number of aliphatic hydroxyl groups is 1. The van der Waals surface area contributed by atoms with Gasteiger partial charge in [0, 0.05) is 61.0 Å². The summed E-state index contributed by atoms with van der Waals surface area (Å²) in [6, 6.07) is 39.3. The number of carbonyl (C=O) groups excluding carboxylic acids is 2. The second-order valence-corrected chi connectivity index (χ2v) is 16.6. The number of piperidine rings is 1. The number of hydrogen-bond donors (Lipinski definition) is 5. The number of carbonyl (C=O) groups is 2. The number of aromatic hydroxyl groups is 1. The quantitative estimate of drug-likeness (QED) is 0.0602. The molecular formula is C52H54N6O7. The zero-order valence-corrected chi connectivity index (χ0v) is 36.6. The predicted octanol–water partition coefficient (Wildman–Crippen LogP) is 6.98. The Morgan fingerprint density at radius 3 is 2.40 bits per heavy atom. The van der Waals surface area contributed by atoms with Crippen molar-refractivity contribution in [3.63, 3.8) is 0 Å². The average Bonchev–Trinajstić information content (AvgIpc) is 3.71. The number of aliphatic hydroxyl groups excluding tert-OH is 1. The van der Waals surface area contributed by atoms with Crippen LogP contribution in [0.3, 0.4) is 0 Å². The molecule has 0 radical (unpaired) electrons. The van der Waals surface area contributed by atoms with Crippen LogP contribution in [0.25, 0.3) is 22.0 Å². The molecule has 1 aliphatic heterocycles.